The van der Waals surface area contributed by atoms with E-state index >= 15 is 0 Å². The van der Waals surface area contributed by atoms with Gasteiger partial charge in [-0.25, -0.2) is 8.42 Å². The Balaban J connectivity index is 1.96. The Morgan fingerprint density at radius 3 is 2.60 bits per heavy atom. The lowest BCUT2D eigenvalue weighted by Gasteiger charge is -2.22. The number of aryl methyl sites for hydroxylation is 1. The lowest BCUT2D eigenvalue weighted by molar-refractivity contribution is 0.102. The van der Waals surface area contributed by atoms with E-state index in [0.29, 0.717) is 5.56 Å². The van der Waals surface area contributed by atoms with Crippen LogP contribution in [0, 0.1) is 12.8 Å². The van der Waals surface area contributed by atoms with Crippen molar-refractivity contribution in [3.63, 3.8) is 0 Å². The molecule has 20 heavy (non-hydrogen) atoms. The minimum absolute atomic E-state index is 0.109. The Morgan fingerprint density at radius 1 is 1.30 bits per heavy atom. The van der Waals surface area contributed by atoms with Gasteiger partial charge in [0.05, 0.1) is 5.75 Å². The van der Waals surface area contributed by atoms with E-state index in [1.54, 1.807) is 12.1 Å². The van der Waals surface area contributed by atoms with Gasteiger partial charge in [0.2, 0.25) is 0 Å². The highest BCUT2D eigenvalue weighted by Crippen LogP contribution is 2.14. The highest BCUT2D eigenvalue weighted by Gasteiger charge is 2.24. The second-order valence-corrected chi connectivity index (χ2v) is 7.67. The van der Waals surface area contributed by atoms with E-state index < -0.39 is 9.84 Å². The molecule has 1 fully saturated rings. The van der Waals surface area contributed by atoms with Gasteiger partial charge in [-0.05, 0) is 38.8 Å². The lowest BCUT2D eigenvalue weighted by Crippen LogP contribution is -2.35. The summed E-state index contributed by atoms with van der Waals surface area (Å²) in [4.78, 5) is 12.0. The lowest BCUT2D eigenvalue weighted by atomic mass is 10.0. The topological polar surface area (TPSA) is 63.2 Å². The van der Waals surface area contributed by atoms with E-state index in [4.69, 9.17) is 0 Å². The summed E-state index contributed by atoms with van der Waals surface area (Å²) in [6.45, 7) is 3.62. The summed E-state index contributed by atoms with van der Waals surface area (Å²) >= 11 is 0. The van der Waals surface area contributed by atoms with E-state index in [1.165, 1.54) is 0 Å². The molecule has 1 saturated heterocycles. The molecule has 1 heterocycles. The molecule has 0 amide bonds. The van der Waals surface area contributed by atoms with Crippen LogP contribution in [0.1, 0.15) is 28.8 Å². The van der Waals surface area contributed by atoms with Gasteiger partial charge < -0.3 is 5.32 Å². The highest BCUT2D eigenvalue weighted by molar-refractivity contribution is 7.92. The zero-order valence-electron chi connectivity index (χ0n) is 11.8. The standard InChI is InChI=1S/C15H21NO3S/c1-12-4-6-14(7-5-12)15(17)11-20(18,19)10-13-3-2-8-16-9-13/h4-7,13,16H,2-3,8-11H2,1H3. The van der Waals surface area contributed by atoms with Crippen LogP contribution >= 0.6 is 0 Å². The van der Waals surface area contributed by atoms with E-state index in [2.05, 4.69) is 5.32 Å². The predicted molar refractivity (Wildman–Crippen MR) is 79.8 cm³/mol. The minimum atomic E-state index is -3.33. The third-order valence-electron chi connectivity index (χ3n) is 3.61. The summed E-state index contributed by atoms with van der Waals surface area (Å²) in [5.74, 6) is -0.446. The Labute approximate surface area is 120 Å². The first-order chi connectivity index (χ1) is 9.46. The van der Waals surface area contributed by atoms with Crippen LogP contribution in [0.15, 0.2) is 24.3 Å². The number of carbonyl (C=O) groups excluding carboxylic acids is 1. The zero-order chi connectivity index (χ0) is 14.6. The molecule has 0 spiro atoms. The summed E-state index contributed by atoms with van der Waals surface area (Å²) in [5.41, 5.74) is 1.53. The van der Waals surface area contributed by atoms with Gasteiger partial charge in [-0.3, -0.25) is 4.79 Å². The first kappa shape index (κ1) is 15.2. The molecule has 1 aliphatic rings. The molecule has 5 heteroatoms. The number of nitrogens with one attached hydrogen (secondary N) is 1. The van der Waals surface area contributed by atoms with Crippen LogP contribution in [0.2, 0.25) is 0 Å². The number of hydrogen-bond acceptors (Lipinski definition) is 4. The average molecular weight is 295 g/mol. The second-order valence-electron chi connectivity index (χ2n) is 5.56. The smallest absolute Gasteiger partial charge is 0.177 e. The van der Waals surface area contributed by atoms with Crippen molar-refractivity contribution in [3.05, 3.63) is 35.4 Å². The molecule has 1 unspecified atom stereocenters. The van der Waals surface area contributed by atoms with E-state index in [1.807, 2.05) is 19.1 Å². The molecule has 0 bridgehead atoms. The molecular formula is C15H21NO3S. The summed E-state index contributed by atoms with van der Waals surface area (Å²) < 4.78 is 24.2. The maximum Gasteiger partial charge on any atom is 0.177 e. The largest absolute Gasteiger partial charge is 0.316 e. The molecular weight excluding hydrogens is 274 g/mol. The van der Waals surface area contributed by atoms with E-state index in [9.17, 15) is 13.2 Å². The molecule has 1 aromatic rings. The molecule has 0 radical (unpaired) electrons. The molecule has 1 N–H and O–H groups in total. The molecule has 0 saturated carbocycles. The van der Waals surface area contributed by atoms with Crippen LogP contribution in [0.5, 0.6) is 0 Å². The zero-order valence-corrected chi connectivity index (χ0v) is 12.6. The first-order valence-corrected chi connectivity index (χ1v) is 8.79. The normalized spacial score (nSPS) is 19.8. The van der Waals surface area contributed by atoms with Gasteiger partial charge >= 0.3 is 0 Å². The molecule has 4 nitrogen and oxygen atoms in total. The van der Waals surface area contributed by atoms with Gasteiger partial charge in [0.15, 0.2) is 15.6 Å². The Kier molecular flexibility index (Phi) is 4.94. The molecule has 110 valence electrons. The van der Waals surface area contributed by atoms with Gasteiger partial charge in [0.25, 0.3) is 0 Å². The van der Waals surface area contributed by atoms with Crippen molar-refractivity contribution in [2.75, 3.05) is 24.6 Å². The molecule has 2 rings (SSSR count). The molecule has 1 aromatic carbocycles. The Bertz CT molecular complexity index is 557. The highest BCUT2D eigenvalue weighted by atomic mass is 32.2. The van der Waals surface area contributed by atoms with Crippen LogP contribution in [-0.4, -0.2) is 38.8 Å². The Hall–Kier alpha value is -1.20. The molecule has 1 atom stereocenters. The van der Waals surface area contributed by atoms with Crippen LogP contribution in [0.4, 0.5) is 0 Å². The van der Waals surface area contributed by atoms with Crippen LogP contribution in [0.25, 0.3) is 0 Å². The third kappa shape index (κ3) is 4.42. The van der Waals surface area contributed by atoms with Gasteiger partial charge in [0.1, 0.15) is 5.75 Å². The molecule has 1 aliphatic heterocycles. The van der Waals surface area contributed by atoms with Gasteiger partial charge in [-0.1, -0.05) is 29.8 Å². The van der Waals surface area contributed by atoms with Gasteiger partial charge in [-0.2, -0.15) is 0 Å². The summed E-state index contributed by atoms with van der Waals surface area (Å²) in [6.07, 6.45) is 1.93. The minimum Gasteiger partial charge on any atom is -0.316 e. The Morgan fingerprint density at radius 2 is 2.00 bits per heavy atom. The average Bonchev–Trinajstić information content (AvgIpc) is 2.39. The van der Waals surface area contributed by atoms with Gasteiger partial charge in [0, 0.05) is 5.56 Å². The van der Waals surface area contributed by atoms with E-state index in [0.717, 1.165) is 31.5 Å². The second kappa shape index (κ2) is 6.50. The first-order valence-electron chi connectivity index (χ1n) is 6.97. The van der Waals surface area contributed by atoms with Crippen LogP contribution < -0.4 is 5.32 Å². The number of hydrogen-bond donors (Lipinski definition) is 1. The fraction of sp³-hybridized carbons (Fsp3) is 0.533. The quantitative estimate of drug-likeness (QED) is 0.838. The summed E-state index contributed by atoms with van der Waals surface area (Å²) in [7, 11) is -3.33. The van der Waals surface area contributed by atoms with Crippen LogP contribution in [-0.2, 0) is 9.84 Å². The number of benzene rings is 1. The van der Waals surface area contributed by atoms with Crippen molar-refractivity contribution in [3.8, 4) is 0 Å². The number of rotatable bonds is 5. The number of Topliss-reactive ketones (excluding diaryl/α,β-unsaturated/α-hetero) is 1. The maximum atomic E-state index is 12.1. The van der Waals surface area contributed by atoms with Crippen LogP contribution in [0.3, 0.4) is 0 Å². The molecule has 0 aromatic heterocycles. The monoisotopic (exact) mass is 295 g/mol. The van der Waals surface area contributed by atoms with Crippen molar-refractivity contribution in [1.82, 2.24) is 5.32 Å². The SMILES string of the molecule is Cc1ccc(C(=O)CS(=O)(=O)CC2CCCNC2)cc1. The summed E-state index contributed by atoms with van der Waals surface area (Å²) in [6, 6.07) is 7.03. The predicted octanol–water partition coefficient (Wildman–Crippen LogP) is 1.59. The summed E-state index contributed by atoms with van der Waals surface area (Å²) in [5, 5.41) is 3.20. The fourth-order valence-electron chi connectivity index (χ4n) is 2.51. The number of ketones is 1. The van der Waals surface area contributed by atoms with Crippen molar-refractivity contribution in [2.24, 2.45) is 5.92 Å². The number of carbonyl (C=O) groups is 1. The van der Waals surface area contributed by atoms with Crippen molar-refractivity contribution in [1.29, 1.82) is 0 Å². The van der Waals surface area contributed by atoms with Gasteiger partial charge in [-0.15, -0.1) is 0 Å². The molecule has 0 aliphatic carbocycles. The fourth-order valence-corrected chi connectivity index (χ4v) is 4.19. The maximum absolute atomic E-state index is 12.1. The van der Waals surface area contributed by atoms with E-state index in [-0.39, 0.29) is 23.2 Å². The number of piperidine rings is 1. The third-order valence-corrected chi connectivity index (χ3v) is 5.29. The van der Waals surface area contributed by atoms with Crippen molar-refractivity contribution < 1.29 is 13.2 Å². The van der Waals surface area contributed by atoms with Crippen molar-refractivity contribution >= 4 is 15.6 Å². The number of sulfone groups is 1. The van der Waals surface area contributed by atoms with Crippen molar-refractivity contribution in [2.45, 2.75) is 19.8 Å².